The summed E-state index contributed by atoms with van der Waals surface area (Å²) < 4.78 is 5.26. The number of rotatable bonds is 4. The fourth-order valence-electron chi connectivity index (χ4n) is 1.48. The lowest BCUT2D eigenvalue weighted by Crippen LogP contribution is -2.38. The van der Waals surface area contributed by atoms with Crippen LogP contribution in [0.25, 0.3) is 0 Å². The lowest BCUT2D eigenvalue weighted by atomic mass is 10.0. The first-order valence-electron chi connectivity index (χ1n) is 4.67. The van der Waals surface area contributed by atoms with E-state index in [1.165, 1.54) is 0 Å². The fourth-order valence-corrected chi connectivity index (χ4v) is 1.84. The molecule has 2 unspecified atom stereocenters. The molecular formula is C9H16BrNO2. The smallest absolute Gasteiger partial charge is 0.221 e. The minimum absolute atomic E-state index is 0.122. The minimum Gasteiger partial charge on any atom is -0.381 e. The molecule has 1 aliphatic heterocycles. The average molecular weight is 250 g/mol. The Morgan fingerprint density at radius 1 is 1.77 bits per heavy atom. The van der Waals surface area contributed by atoms with Gasteiger partial charge in [-0.3, -0.25) is 4.79 Å². The van der Waals surface area contributed by atoms with E-state index in [2.05, 4.69) is 21.2 Å². The van der Waals surface area contributed by atoms with E-state index in [-0.39, 0.29) is 11.9 Å². The van der Waals surface area contributed by atoms with Crippen molar-refractivity contribution >= 4 is 21.8 Å². The zero-order valence-electron chi connectivity index (χ0n) is 7.88. The third-order valence-electron chi connectivity index (χ3n) is 2.38. The first-order chi connectivity index (χ1) is 6.24. The molecule has 0 bridgehead atoms. The molecule has 1 fully saturated rings. The summed E-state index contributed by atoms with van der Waals surface area (Å²) in [7, 11) is 0. The highest BCUT2D eigenvalue weighted by Crippen LogP contribution is 2.16. The van der Waals surface area contributed by atoms with Gasteiger partial charge < -0.3 is 10.1 Å². The summed E-state index contributed by atoms with van der Waals surface area (Å²) in [6, 6.07) is 0.244. The Hall–Kier alpha value is -0.0900. The predicted octanol–water partition coefficient (Wildman–Crippen LogP) is 1.31. The summed E-state index contributed by atoms with van der Waals surface area (Å²) in [6.45, 7) is 3.67. The highest BCUT2D eigenvalue weighted by atomic mass is 79.9. The number of alkyl halides is 1. The van der Waals surface area contributed by atoms with Crippen molar-refractivity contribution in [3.8, 4) is 0 Å². The quantitative estimate of drug-likeness (QED) is 0.764. The second-order valence-corrected chi connectivity index (χ2v) is 4.21. The van der Waals surface area contributed by atoms with Crippen molar-refractivity contribution in [3.63, 3.8) is 0 Å². The third kappa shape index (κ3) is 3.65. The Bertz CT molecular complexity index is 169. The fraction of sp³-hybridized carbons (Fsp3) is 0.889. The maximum Gasteiger partial charge on any atom is 0.221 e. The number of carbonyl (C=O) groups is 1. The topological polar surface area (TPSA) is 38.3 Å². The van der Waals surface area contributed by atoms with Gasteiger partial charge in [0.1, 0.15) is 0 Å². The van der Waals surface area contributed by atoms with Gasteiger partial charge in [-0.05, 0) is 13.3 Å². The van der Waals surface area contributed by atoms with Gasteiger partial charge in [-0.1, -0.05) is 15.9 Å². The zero-order chi connectivity index (χ0) is 9.68. The Kier molecular flexibility index (Phi) is 4.73. The zero-order valence-corrected chi connectivity index (χ0v) is 9.47. The predicted molar refractivity (Wildman–Crippen MR) is 54.9 cm³/mol. The lowest BCUT2D eigenvalue weighted by Gasteiger charge is -2.18. The van der Waals surface area contributed by atoms with Gasteiger partial charge in [-0.15, -0.1) is 0 Å². The minimum atomic E-state index is 0.122. The first kappa shape index (κ1) is 11.0. The van der Waals surface area contributed by atoms with Gasteiger partial charge in [-0.2, -0.15) is 0 Å². The van der Waals surface area contributed by atoms with E-state index in [1.54, 1.807) is 0 Å². The highest BCUT2D eigenvalue weighted by molar-refractivity contribution is 9.09. The number of halogens is 1. The van der Waals surface area contributed by atoms with E-state index in [0.717, 1.165) is 25.0 Å². The number of hydrogen-bond acceptors (Lipinski definition) is 2. The molecule has 0 aromatic rings. The van der Waals surface area contributed by atoms with E-state index in [0.29, 0.717) is 12.3 Å². The Morgan fingerprint density at radius 3 is 3.08 bits per heavy atom. The molecule has 1 rings (SSSR count). The van der Waals surface area contributed by atoms with Gasteiger partial charge in [0, 0.05) is 30.3 Å². The number of ether oxygens (including phenoxy) is 1. The molecule has 0 saturated carbocycles. The summed E-state index contributed by atoms with van der Waals surface area (Å²) in [5.74, 6) is 0.621. The molecule has 1 saturated heterocycles. The Balaban J connectivity index is 2.22. The van der Waals surface area contributed by atoms with Crippen LogP contribution in [0.2, 0.25) is 0 Å². The molecule has 1 amide bonds. The van der Waals surface area contributed by atoms with Gasteiger partial charge in [0.25, 0.3) is 0 Å². The Labute approximate surface area is 87.3 Å². The SMILES string of the molecule is CC(NC(=O)CCBr)C1CCOC1. The van der Waals surface area contributed by atoms with Crippen molar-refractivity contribution in [1.82, 2.24) is 5.32 Å². The molecule has 0 aromatic carbocycles. The number of carbonyl (C=O) groups excluding carboxylic acids is 1. The normalized spacial score (nSPS) is 24.3. The van der Waals surface area contributed by atoms with Crippen molar-refractivity contribution in [1.29, 1.82) is 0 Å². The standard InChI is InChI=1S/C9H16BrNO2/c1-7(8-3-5-13-6-8)11-9(12)2-4-10/h7-8H,2-6H2,1H3,(H,11,12). The van der Waals surface area contributed by atoms with Gasteiger partial charge >= 0.3 is 0 Å². The van der Waals surface area contributed by atoms with Crippen molar-refractivity contribution in [3.05, 3.63) is 0 Å². The molecule has 0 aromatic heterocycles. The molecule has 2 atom stereocenters. The number of nitrogens with one attached hydrogen (secondary N) is 1. The van der Waals surface area contributed by atoms with E-state index in [9.17, 15) is 4.79 Å². The van der Waals surface area contributed by atoms with Crippen molar-refractivity contribution in [2.24, 2.45) is 5.92 Å². The van der Waals surface area contributed by atoms with E-state index in [1.807, 2.05) is 6.92 Å². The molecule has 1 heterocycles. The van der Waals surface area contributed by atoms with E-state index < -0.39 is 0 Å². The van der Waals surface area contributed by atoms with Crippen LogP contribution in [-0.2, 0) is 9.53 Å². The monoisotopic (exact) mass is 249 g/mol. The summed E-state index contributed by atoms with van der Waals surface area (Å²) in [5.41, 5.74) is 0. The van der Waals surface area contributed by atoms with E-state index >= 15 is 0 Å². The van der Waals surface area contributed by atoms with Crippen molar-refractivity contribution < 1.29 is 9.53 Å². The first-order valence-corrected chi connectivity index (χ1v) is 5.79. The largest absolute Gasteiger partial charge is 0.381 e. The number of hydrogen-bond donors (Lipinski definition) is 1. The molecule has 4 heteroatoms. The van der Waals surface area contributed by atoms with Gasteiger partial charge in [0.15, 0.2) is 0 Å². The molecule has 76 valence electrons. The summed E-state index contributed by atoms with van der Waals surface area (Å²) >= 11 is 3.24. The molecule has 3 nitrogen and oxygen atoms in total. The molecule has 0 radical (unpaired) electrons. The van der Waals surface area contributed by atoms with Gasteiger partial charge in [0.2, 0.25) is 5.91 Å². The molecule has 1 aliphatic rings. The lowest BCUT2D eigenvalue weighted by molar-refractivity contribution is -0.121. The van der Waals surface area contributed by atoms with E-state index in [4.69, 9.17) is 4.74 Å². The van der Waals surface area contributed by atoms with Crippen LogP contribution in [0.4, 0.5) is 0 Å². The van der Waals surface area contributed by atoms with Crippen LogP contribution in [0.5, 0.6) is 0 Å². The molecular weight excluding hydrogens is 234 g/mol. The van der Waals surface area contributed by atoms with Crippen LogP contribution < -0.4 is 5.32 Å². The average Bonchev–Trinajstić information content (AvgIpc) is 2.55. The van der Waals surface area contributed by atoms with Gasteiger partial charge in [-0.25, -0.2) is 0 Å². The van der Waals surface area contributed by atoms with Crippen LogP contribution in [0.3, 0.4) is 0 Å². The molecule has 0 spiro atoms. The summed E-state index contributed by atoms with van der Waals surface area (Å²) in [6.07, 6.45) is 1.62. The third-order valence-corrected chi connectivity index (χ3v) is 2.78. The maximum atomic E-state index is 11.2. The molecule has 13 heavy (non-hydrogen) atoms. The molecule has 0 aliphatic carbocycles. The molecule has 1 N–H and O–H groups in total. The van der Waals surface area contributed by atoms with Crippen molar-refractivity contribution in [2.75, 3.05) is 18.5 Å². The van der Waals surface area contributed by atoms with Crippen LogP contribution in [0.1, 0.15) is 19.8 Å². The number of amides is 1. The van der Waals surface area contributed by atoms with Crippen LogP contribution in [0, 0.1) is 5.92 Å². The second kappa shape index (κ2) is 5.60. The second-order valence-electron chi connectivity index (χ2n) is 3.42. The maximum absolute atomic E-state index is 11.2. The van der Waals surface area contributed by atoms with Crippen molar-refractivity contribution in [2.45, 2.75) is 25.8 Å². The highest BCUT2D eigenvalue weighted by Gasteiger charge is 2.22. The van der Waals surface area contributed by atoms with Gasteiger partial charge in [0.05, 0.1) is 6.61 Å². The van der Waals surface area contributed by atoms with Crippen LogP contribution >= 0.6 is 15.9 Å². The summed E-state index contributed by atoms with van der Waals surface area (Å²) in [5, 5.41) is 3.70. The summed E-state index contributed by atoms with van der Waals surface area (Å²) in [4.78, 5) is 11.2. The van der Waals surface area contributed by atoms with Crippen LogP contribution in [-0.4, -0.2) is 30.5 Å². The Morgan fingerprint density at radius 2 is 2.54 bits per heavy atom. The van der Waals surface area contributed by atoms with Crippen LogP contribution in [0.15, 0.2) is 0 Å².